The van der Waals surface area contributed by atoms with Crippen molar-refractivity contribution in [2.75, 3.05) is 11.4 Å². The molecule has 0 atom stereocenters. The van der Waals surface area contributed by atoms with Crippen molar-refractivity contribution in [1.29, 1.82) is 5.26 Å². The lowest BCUT2D eigenvalue weighted by molar-refractivity contribution is -0.132. The van der Waals surface area contributed by atoms with Crippen molar-refractivity contribution in [3.05, 3.63) is 89.0 Å². The van der Waals surface area contributed by atoms with E-state index in [1.54, 1.807) is 6.07 Å². The smallest absolute Gasteiger partial charge is 0.346 e. The standard InChI is InChI=1S/C28H24N2O2S/c1-2-3-16-30-24-6-4-5-7-26(24)33-27-18-22(14-15-25(27)30)13-10-20-8-11-21(12-9-20)17-23(19-29)28(31)32/h4-15,17-18H,2-3,16H2,1H3,(H,31,32)/b13-10+,23-17-. The SMILES string of the molecule is CCCCN1c2ccccc2Sc2cc(/C=C/c3ccc(/C=C(/C#N)C(=O)O)cc3)ccc21. The number of hydrogen-bond donors (Lipinski definition) is 1. The Hall–Kier alpha value is -3.75. The number of unbranched alkanes of at least 4 members (excludes halogenated alkanes) is 1. The Kier molecular flexibility index (Phi) is 6.97. The number of nitriles is 1. The summed E-state index contributed by atoms with van der Waals surface area (Å²) in [6, 6.07) is 24.3. The molecular formula is C28H24N2O2S. The van der Waals surface area contributed by atoms with Crippen LogP contribution in [0.5, 0.6) is 0 Å². The molecule has 0 saturated heterocycles. The zero-order valence-corrected chi connectivity index (χ0v) is 19.2. The Morgan fingerprint density at radius 3 is 2.36 bits per heavy atom. The van der Waals surface area contributed by atoms with Gasteiger partial charge < -0.3 is 10.0 Å². The third-order valence-electron chi connectivity index (χ3n) is 5.45. The van der Waals surface area contributed by atoms with Crippen LogP contribution in [-0.4, -0.2) is 17.6 Å². The van der Waals surface area contributed by atoms with Crippen LogP contribution in [0.4, 0.5) is 11.4 Å². The summed E-state index contributed by atoms with van der Waals surface area (Å²) in [5.74, 6) is -1.22. The molecule has 4 nitrogen and oxygen atoms in total. The van der Waals surface area contributed by atoms with Crippen molar-refractivity contribution in [1.82, 2.24) is 0 Å². The van der Waals surface area contributed by atoms with Gasteiger partial charge in [-0.25, -0.2) is 4.79 Å². The minimum absolute atomic E-state index is 0.278. The average molecular weight is 453 g/mol. The number of fused-ring (bicyclic) bond motifs is 2. The number of carboxylic acid groups (broad SMARTS) is 1. The molecule has 164 valence electrons. The summed E-state index contributed by atoms with van der Waals surface area (Å²) in [7, 11) is 0. The number of rotatable bonds is 7. The predicted octanol–water partition coefficient (Wildman–Crippen LogP) is 7.25. The fraction of sp³-hybridized carbons (Fsp3) is 0.143. The molecule has 33 heavy (non-hydrogen) atoms. The lowest BCUT2D eigenvalue weighted by atomic mass is 10.1. The van der Waals surface area contributed by atoms with E-state index < -0.39 is 5.97 Å². The summed E-state index contributed by atoms with van der Waals surface area (Å²) in [6.07, 6.45) is 7.80. The first-order chi connectivity index (χ1) is 16.1. The van der Waals surface area contributed by atoms with E-state index in [0.29, 0.717) is 5.56 Å². The van der Waals surface area contributed by atoms with Crippen LogP contribution >= 0.6 is 11.8 Å². The van der Waals surface area contributed by atoms with Crippen molar-refractivity contribution in [2.45, 2.75) is 29.6 Å². The van der Waals surface area contributed by atoms with Crippen LogP contribution in [0.3, 0.4) is 0 Å². The van der Waals surface area contributed by atoms with Gasteiger partial charge in [0.2, 0.25) is 0 Å². The molecule has 1 aliphatic rings. The maximum Gasteiger partial charge on any atom is 0.346 e. The largest absolute Gasteiger partial charge is 0.477 e. The Balaban J connectivity index is 1.55. The van der Waals surface area contributed by atoms with E-state index in [1.807, 2.05) is 42.1 Å². The van der Waals surface area contributed by atoms with Gasteiger partial charge in [-0.2, -0.15) is 5.26 Å². The number of carbonyl (C=O) groups is 1. The molecule has 0 saturated carbocycles. The fourth-order valence-electron chi connectivity index (χ4n) is 3.72. The minimum Gasteiger partial charge on any atom is -0.477 e. The summed E-state index contributed by atoms with van der Waals surface area (Å²) >= 11 is 1.81. The Morgan fingerprint density at radius 2 is 1.64 bits per heavy atom. The quantitative estimate of drug-likeness (QED) is 0.232. The Labute approximate surface area is 198 Å². The van der Waals surface area contributed by atoms with Crippen LogP contribution < -0.4 is 4.90 Å². The fourth-order valence-corrected chi connectivity index (χ4v) is 4.86. The van der Waals surface area contributed by atoms with E-state index in [-0.39, 0.29) is 5.57 Å². The monoisotopic (exact) mass is 452 g/mol. The normalized spacial score (nSPS) is 12.8. The molecule has 0 aromatic heterocycles. The third-order valence-corrected chi connectivity index (χ3v) is 6.56. The number of benzene rings is 3. The highest BCUT2D eigenvalue weighted by atomic mass is 32.2. The van der Waals surface area contributed by atoms with E-state index >= 15 is 0 Å². The third kappa shape index (κ3) is 5.19. The molecule has 1 N–H and O–H groups in total. The number of anilines is 2. The number of para-hydroxylation sites is 1. The van der Waals surface area contributed by atoms with Crippen LogP contribution in [0.15, 0.2) is 82.1 Å². The van der Waals surface area contributed by atoms with Crippen LogP contribution in [0, 0.1) is 11.3 Å². The maximum atomic E-state index is 11.0. The maximum absolute atomic E-state index is 11.0. The van der Waals surface area contributed by atoms with E-state index in [2.05, 4.69) is 60.4 Å². The van der Waals surface area contributed by atoms with E-state index in [9.17, 15) is 4.79 Å². The van der Waals surface area contributed by atoms with Gasteiger partial charge in [0.25, 0.3) is 0 Å². The number of nitrogens with zero attached hydrogens (tertiary/aromatic N) is 2. The summed E-state index contributed by atoms with van der Waals surface area (Å²) in [4.78, 5) is 16.0. The highest BCUT2D eigenvalue weighted by molar-refractivity contribution is 7.99. The Morgan fingerprint density at radius 1 is 0.970 bits per heavy atom. The second-order valence-corrected chi connectivity index (χ2v) is 8.86. The van der Waals surface area contributed by atoms with Crippen molar-refractivity contribution in [3.8, 4) is 6.07 Å². The van der Waals surface area contributed by atoms with Crippen molar-refractivity contribution in [3.63, 3.8) is 0 Å². The van der Waals surface area contributed by atoms with Gasteiger partial charge in [0.1, 0.15) is 11.6 Å². The second-order valence-electron chi connectivity index (χ2n) is 7.78. The summed E-state index contributed by atoms with van der Waals surface area (Å²) in [5, 5.41) is 17.9. The summed E-state index contributed by atoms with van der Waals surface area (Å²) in [6.45, 7) is 3.23. The number of carboxylic acids is 1. The number of hydrogen-bond acceptors (Lipinski definition) is 4. The molecule has 3 aromatic rings. The minimum atomic E-state index is -1.22. The lowest BCUT2D eigenvalue weighted by Crippen LogP contribution is -2.21. The summed E-state index contributed by atoms with van der Waals surface area (Å²) < 4.78 is 0. The molecule has 0 radical (unpaired) electrons. The van der Waals surface area contributed by atoms with Gasteiger partial charge in [-0.3, -0.25) is 0 Å². The molecular weight excluding hydrogens is 428 g/mol. The van der Waals surface area contributed by atoms with Gasteiger partial charge in [-0.15, -0.1) is 0 Å². The lowest BCUT2D eigenvalue weighted by Gasteiger charge is -2.33. The van der Waals surface area contributed by atoms with Gasteiger partial charge in [-0.1, -0.05) is 79.7 Å². The zero-order chi connectivity index (χ0) is 23.2. The molecule has 5 heteroatoms. The molecule has 0 bridgehead atoms. The van der Waals surface area contributed by atoms with Gasteiger partial charge in [0.15, 0.2) is 0 Å². The second kappa shape index (κ2) is 10.2. The van der Waals surface area contributed by atoms with Crippen LogP contribution in [0.1, 0.15) is 36.5 Å². The van der Waals surface area contributed by atoms with Gasteiger partial charge in [0, 0.05) is 16.3 Å². The Bertz CT molecular complexity index is 1270. The van der Waals surface area contributed by atoms with Gasteiger partial charge >= 0.3 is 5.97 Å². The van der Waals surface area contributed by atoms with Crippen molar-refractivity contribution >= 4 is 47.3 Å². The zero-order valence-electron chi connectivity index (χ0n) is 18.4. The molecule has 0 unspecified atom stereocenters. The molecule has 0 aliphatic carbocycles. The van der Waals surface area contributed by atoms with Crippen molar-refractivity contribution < 1.29 is 9.90 Å². The molecule has 0 spiro atoms. The van der Waals surface area contributed by atoms with E-state index in [4.69, 9.17) is 10.4 Å². The molecule has 1 aliphatic heterocycles. The van der Waals surface area contributed by atoms with Gasteiger partial charge in [0.05, 0.1) is 11.4 Å². The first kappa shape index (κ1) is 22.4. The predicted molar refractivity (Wildman–Crippen MR) is 136 cm³/mol. The van der Waals surface area contributed by atoms with Crippen molar-refractivity contribution in [2.24, 2.45) is 0 Å². The molecule has 0 amide bonds. The topological polar surface area (TPSA) is 64.3 Å². The molecule has 3 aromatic carbocycles. The van der Waals surface area contributed by atoms with Gasteiger partial charge in [-0.05, 0) is 53.5 Å². The molecule has 0 fully saturated rings. The van der Waals surface area contributed by atoms with E-state index in [0.717, 1.165) is 30.5 Å². The molecule has 1 heterocycles. The molecule has 4 rings (SSSR count). The summed E-state index contributed by atoms with van der Waals surface area (Å²) in [5.41, 5.74) is 5.07. The first-order valence-corrected chi connectivity index (χ1v) is 11.7. The van der Waals surface area contributed by atoms with Crippen LogP contribution in [0.2, 0.25) is 0 Å². The van der Waals surface area contributed by atoms with Crippen LogP contribution in [0.25, 0.3) is 18.2 Å². The highest BCUT2D eigenvalue weighted by Crippen LogP contribution is 2.48. The average Bonchev–Trinajstić information content (AvgIpc) is 2.84. The first-order valence-electron chi connectivity index (χ1n) is 10.9. The van der Waals surface area contributed by atoms with E-state index in [1.165, 1.54) is 27.2 Å². The highest BCUT2D eigenvalue weighted by Gasteiger charge is 2.22. The number of aliphatic carboxylic acids is 1. The van der Waals surface area contributed by atoms with Crippen LogP contribution in [-0.2, 0) is 4.79 Å².